The molecule has 106 valence electrons. The summed E-state index contributed by atoms with van der Waals surface area (Å²) < 4.78 is 22.6. The van der Waals surface area contributed by atoms with E-state index in [0.717, 1.165) is 38.5 Å². The average molecular weight is 276 g/mol. The number of carbonyl (C=O) groups excluding carboxylic acids is 1. The first-order chi connectivity index (χ1) is 8.34. The van der Waals surface area contributed by atoms with Crippen LogP contribution in [0.2, 0.25) is 0 Å². The Bertz CT molecular complexity index is 373. The second-order valence-corrected chi connectivity index (χ2v) is 7.45. The monoisotopic (exact) mass is 276 g/mol. The van der Waals surface area contributed by atoms with E-state index in [0.29, 0.717) is 6.04 Å². The predicted octanol–water partition coefficient (Wildman–Crippen LogP) is 0.456. The summed E-state index contributed by atoms with van der Waals surface area (Å²) in [5.41, 5.74) is 0. The molecule has 1 aliphatic carbocycles. The van der Waals surface area contributed by atoms with Crippen molar-refractivity contribution in [1.82, 2.24) is 10.6 Å². The molecule has 18 heavy (non-hydrogen) atoms. The van der Waals surface area contributed by atoms with E-state index >= 15 is 0 Å². The van der Waals surface area contributed by atoms with Crippen LogP contribution in [0.3, 0.4) is 0 Å². The molecule has 1 unspecified atom stereocenters. The summed E-state index contributed by atoms with van der Waals surface area (Å²) in [4.78, 5) is 11.8. The number of hydrogen-bond donors (Lipinski definition) is 2. The van der Waals surface area contributed by atoms with Gasteiger partial charge in [0.2, 0.25) is 5.91 Å². The van der Waals surface area contributed by atoms with Crippen molar-refractivity contribution < 1.29 is 13.2 Å². The van der Waals surface area contributed by atoms with Gasteiger partial charge in [-0.1, -0.05) is 6.92 Å². The Labute approximate surface area is 110 Å². The van der Waals surface area contributed by atoms with Crippen LogP contribution in [-0.2, 0) is 14.6 Å². The third-order valence-corrected chi connectivity index (χ3v) is 5.08. The van der Waals surface area contributed by atoms with Crippen LogP contribution in [0.15, 0.2) is 0 Å². The molecule has 0 aromatic heterocycles. The van der Waals surface area contributed by atoms with Crippen LogP contribution in [0.5, 0.6) is 0 Å². The zero-order chi connectivity index (χ0) is 13.8. The standard InChI is InChI=1S/C12H24N2O3S/c1-4-13-10-5-7-11(8-6-10)14-12(15)9(2)18(3,16)17/h9-11,13H,4-8H2,1-3H3,(H,14,15). The van der Waals surface area contributed by atoms with E-state index in [2.05, 4.69) is 17.6 Å². The topological polar surface area (TPSA) is 75.3 Å². The Hall–Kier alpha value is -0.620. The van der Waals surface area contributed by atoms with E-state index in [9.17, 15) is 13.2 Å². The van der Waals surface area contributed by atoms with E-state index in [1.807, 2.05) is 0 Å². The van der Waals surface area contributed by atoms with Gasteiger partial charge in [-0.25, -0.2) is 8.42 Å². The highest BCUT2D eigenvalue weighted by molar-refractivity contribution is 7.92. The van der Waals surface area contributed by atoms with Crippen LogP contribution in [0.1, 0.15) is 39.5 Å². The Kier molecular flexibility index (Phi) is 5.59. The fourth-order valence-corrected chi connectivity index (χ4v) is 2.70. The molecule has 0 radical (unpaired) electrons. The molecule has 0 bridgehead atoms. The van der Waals surface area contributed by atoms with Crippen molar-refractivity contribution in [3.63, 3.8) is 0 Å². The van der Waals surface area contributed by atoms with Crippen LogP contribution in [0.25, 0.3) is 0 Å². The third-order valence-electron chi connectivity index (χ3n) is 3.58. The van der Waals surface area contributed by atoms with Crippen molar-refractivity contribution >= 4 is 15.7 Å². The molecular weight excluding hydrogens is 252 g/mol. The SMILES string of the molecule is CCNC1CCC(NC(=O)C(C)S(C)(=O)=O)CC1. The average Bonchev–Trinajstić information content (AvgIpc) is 2.30. The minimum Gasteiger partial charge on any atom is -0.352 e. The van der Waals surface area contributed by atoms with Crippen LogP contribution < -0.4 is 10.6 Å². The summed E-state index contributed by atoms with van der Waals surface area (Å²) in [6.45, 7) is 4.49. The fourth-order valence-electron chi connectivity index (χ4n) is 2.24. The second kappa shape index (κ2) is 6.52. The van der Waals surface area contributed by atoms with E-state index in [1.54, 1.807) is 0 Å². The van der Waals surface area contributed by atoms with Gasteiger partial charge in [-0.2, -0.15) is 0 Å². The fraction of sp³-hybridized carbons (Fsp3) is 0.917. The minimum absolute atomic E-state index is 0.122. The van der Waals surface area contributed by atoms with Gasteiger partial charge >= 0.3 is 0 Å². The van der Waals surface area contributed by atoms with Gasteiger partial charge < -0.3 is 10.6 Å². The molecule has 0 spiro atoms. The third kappa shape index (κ3) is 4.57. The van der Waals surface area contributed by atoms with Crippen molar-refractivity contribution in [2.45, 2.75) is 56.9 Å². The number of rotatable bonds is 5. The van der Waals surface area contributed by atoms with Crippen LogP contribution in [0, 0.1) is 0 Å². The summed E-state index contributed by atoms with van der Waals surface area (Å²) in [7, 11) is -3.30. The molecule has 1 fully saturated rings. The summed E-state index contributed by atoms with van der Waals surface area (Å²) >= 11 is 0. The first-order valence-electron chi connectivity index (χ1n) is 6.57. The van der Waals surface area contributed by atoms with E-state index in [1.165, 1.54) is 6.92 Å². The van der Waals surface area contributed by atoms with Crippen molar-refractivity contribution in [2.75, 3.05) is 12.8 Å². The van der Waals surface area contributed by atoms with Gasteiger partial charge in [-0.3, -0.25) is 4.79 Å². The smallest absolute Gasteiger partial charge is 0.238 e. The maximum Gasteiger partial charge on any atom is 0.238 e. The molecule has 0 heterocycles. The van der Waals surface area contributed by atoms with Gasteiger partial charge in [0.1, 0.15) is 5.25 Å². The van der Waals surface area contributed by atoms with Gasteiger partial charge in [0.25, 0.3) is 0 Å². The van der Waals surface area contributed by atoms with Gasteiger partial charge in [-0.05, 0) is 39.2 Å². The molecular formula is C12H24N2O3S. The highest BCUT2D eigenvalue weighted by atomic mass is 32.2. The number of amides is 1. The summed E-state index contributed by atoms with van der Waals surface area (Å²) in [5.74, 6) is -0.371. The molecule has 0 aromatic carbocycles. The normalized spacial score (nSPS) is 26.6. The maximum atomic E-state index is 11.8. The second-order valence-electron chi connectivity index (χ2n) is 5.09. The van der Waals surface area contributed by atoms with Gasteiger partial charge in [0.15, 0.2) is 9.84 Å². The molecule has 1 saturated carbocycles. The lowest BCUT2D eigenvalue weighted by Crippen LogP contribution is -2.46. The van der Waals surface area contributed by atoms with E-state index in [4.69, 9.17) is 0 Å². The molecule has 0 aromatic rings. The van der Waals surface area contributed by atoms with Crippen molar-refractivity contribution in [3.8, 4) is 0 Å². The first kappa shape index (κ1) is 15.4. The Balaban J connectivity index is 2.39. The highest BCUT2D eigenvalue weighted by Crippen LogP contribution is 2.18. The highest BCUT2D eigenvalue weighted by Gasteiger charge is 2.27. The summed E-state index contributed by atoms with van der Waals surface area (Å²) in [5, 5.41) is 5.28. The van der Waals surface area contributed by atoms with Crippen molar-refractivity contribution in [1.29, 1.82) is 0 Å². The number of sulfone groups is 1. The van der Waals surface area contributed by atoms with Crippen LogP contribution in [-0.4, -0.2) is 44.5 Å². The largest absolute Gasteiger partial charge is 0.352 e. The molecule has 5 nitrogen and oxygen atoms in total. The van der Waals surface area contributed by atoms with E-state index in [-0.39, 0.29) is 11.9 Å². The number of carbonyl (C=O) groups is 1. The van der Waals surface area contributed by atoms with Gasteiger partial charge in [-0.15, -0.1) is 0 Å². The molecule has 0 aliphatic heterocycles. The Morgan fingerprint density at radius 1 is 1.22 bits per heavy atom. The lowest BCUT2D eigenvalue weighted by atomic mass is 9.91. The lowest BCUT2D eigenvalue weighted by Gasteiger charge is -2.30. The minimum atomic E-state index is -3.30. The molecule has 1 aliphatic rings. The zero-order valence-corrected chi connectivity index (χ0v) is 12.2. The van der Waals surface area contributed by atoms with Gasteiger partial charge in [0, 0.05) is 18.3 Å². The molecule has 0 saturated heterocycles. The molecule has 1 amide bonds. The van der Waals surface area contributed by atoms with Gasteiger partial charge in [0.05, 0.1) is 0 Å². The lowest BCUT2D eigenvalue weighted by molar-refractivity contribution is -0.121. The molecule has 2 N–H and O–H groups in total. The molecule has 1 atom stereocenters. The summed E-state index contributed by atoms with van der Waals surface area (Å²) in [6, 6.07) is 0.659. The van der Waals surface area contributed by atoms with E-state index < -0.39 is 15.1 Å². The first-order valence-corrected chi connectivity index (χ1v) is 8.52. The Morgan fingerprint density at radius 2 is 1.72 bits per heavy atom. The maximum absolute atomic E-state index is 11.8. The zero-order valence-electron chi connectivity index (χ0n) is 11.4. The van der Waals surface area contributed by atoms with Crippen molar-refractivity contribution in [2.24, 2.45) is 0 Å². The molecule has 6 heteroatoms. The number of nitrogens with one attached hydrogen (secondary N) is 2. The van der Waals surface area contributed by atoms with Crippen LogP contribution >= 0.6 is 0 Å². The quantitative estimate of drug-likeness (QED) is 0.765. The van der Waals surface area contributed by atoms with Crippen LogP contribution in [0.4, 0.5) is 0 Å². The Morgan fingerprint density at radius 3 is 2.17 bits per heavy atom. The molecule has 1 rings (SSSR count). The predicted molar refractivity (Wildman–Crippen MR) is 72.2 cm³/mol. The van der Waals surface area contributed by atoms with Crippen molar-refractivity contribution in [3.05, 3.63) is 0 Å². The summed E-state index contributed by atoms with van der Waals surface area (Å²) in [6.07, 6.45) is 5.00. The number of hydrogen-bond acceptors (Lipinski definition) is 4.